The Bertz CT molecular complexity index is 1170. The fourth-order valence-corrected chi connectivity index (χ4v) is 4.11. The fourth-order valence-electron chi connectivity index (χ4n) is 4.11. The molecule has 152 valence electrons. The van der Waals surface area contributed by atoms with Crippen LogP contribution in [0.5, 0.6) is 0 Å². The Labute approximate surface area is 172 Å². The van der Waals surface area contributed by atoms with Gasteiger partial charge >= 0.3 is 0 Å². The summed E-state index contributed by atoms with van der Waals surface area (Å²) in [4.78, 5) is 22.5. The summed E-state index contributed by atoms with van der Waals surface area (Å²) in [6.07, 6.45) is 2.47. The van der Waals surface area contributed by atoms with Crippen molar-refractivity contribution < 1.29 is 13.7 Å². The molecule has 0 bridgehead atoms. The maximum absolute atomic E-state index is 14.0. The van der Waals surface area contributed by atoms with E-state index in [1.807, 2.05) is 35.2 Å². The van der Waals surface area contributed by atoms with Gasteiger partial charge in [0.2, 0.25) is 11.7 Å². The Morgan fingerprint density at radius 3 is 2.90 bits per heavy atom. The van der Waals surface area contributed by atoms with E-state index in [0.29, 0.717) is 30.1 Å². The van der Waals surface area contributed by atoms with Crippen LogP contribution in [0.3, 0.4) is 0 Å². The van der Waals surface area contributed by atoms with Crippen molar-refractivity contribution in [1.29, 1.82) is 0 Å². The summed E-state index contributed by atoms with van der Waals surface area (Å²) < 4.78 is 19.3. The number of piperidine rings is 1. The maximum atomic E-state index is 14.0. The number of H-pyrrole nitrogens is 1. The molecule has 1 fully saturated rings. The standard InChI is InChI=1S/C23H21FN4O2/c24-18-9-3-2-8-17(18)22-26-21(30-27-22)12-15-6-5-11-28(14-15)23(29)20-13-16-7-1-4-10-19(16)25-20/h1-4,7-10,13,15,25H,5-6,11-12,14H2. The first-order valence-electron chi connectivity index (χ1n) is 10.1. The minimum absolute atomic E-state index is 0.00785. The molecule has 1 aliphatic heterocycles. The second kappa shape index (κ2) is 7.74. The predicted molar refractivity (Wildman–Crippen MR) is 110 cm³/mol. The van der Waals surface area contributed by atoms with E-state index >= 15 is 0 Å². The van der Waals surface area contributed by atoms with Crippen LogP contribution in [0.25, 0.3) is 22.3 Å². The van der Waals surface area contributed by atoms with E-state index in [4.69, 9.17) is 4.52 Å². The van der Waals surface area contributed by atoms with Crippen molar-refractivity contribution in [3.05, 3.63) is 72.0 Å². The summed E-state index contributed by atoms with van der Waals surface area (Å²) in [6.45, 7) is 1.36. The van der Waals surface area contributed by atoms with E-state index in [2.05, 4.69) is 15.1 Å². The lowest BCUT2D eigenvalue weighted by Gasteiger charge is -2.31. The first kappa shape index (κ1) is 18.5. The van der Waals surface area contributed by atoms with Crippen LogP contribution in [0.4, 0.5) is 4.39 Å². The highest BCUT2D eigenvalue weighted by Crippen LogP contribution is 2.25. The number of halogens is 1. The molecule has 1 amide bonds. The highest BCUT2D eigenvalue weighted by molar-refractivity contribution is 5.98. The molecule has 0 radical (unpaired) electrons. The summed E-state index contributed by atoms with van der Waals surface area (Å²) in [7, 11) is 0. The molecule has 6 nitrogen and oxygen atoms in total. The SMILES string of the molecule is O=C(c1cc2ccccc2[nH]1)N1CCCC(Cc2nc(-c3ccccc3F)no2)C1. The minimum atomic E-state index is -0.377. The zero-order valence-electron chi connectivity index (χ0n) is 16.3. The lowest BCUT2D eigenvalue weighted by atomic mass is 9.94. The number of likely N-dealkylation sites (tertiary alicyclic amines) is 1. The number of hydrogen-bond acceptors (Lipinski definition) is 4. The smallest absolute Gasteiger partial charge is 0.270 e. The number of carbonyl (C=O) groups is 1. The van der Waals surface area contributed by atoms with Gasteiger partial charge in [-0.1, -0.05) is 35.5 Å². The van der Waals surface area contributed by atoms with Crippen LogP contribution >= 0.6 is 0 Å². The summed E-state index contributed by atoms with van der Waals surface area (Å²) in [5.41, 5.74) is 1.89. The molecule has 2 aromatic carbocycles. The maximum Gasteiger partial charge on any atom is 0.270 e. The number of fused-ring (bicyclic) bond motifs is 1. The van der Waals surface area contributed by atoms with Crippen LogP contribution in [-0.2, 0) is 6.42 Å². The van der Waals surface area contributed by atoms with E-state index in [0.717, 1.165) is 30.3 Å². The number of hydrogen-bond donors (Lipinski definition) is 1. The van der Waals surface area contributed by atoms with Gasteiger partial charge in [-0.05, 0) is 43.0 Å². The van der Waals surface area contributed by atoms with Gasteiger partial charge < -0.3 is 14.4 Å². The van der Waals surface area contributed by atoms with Crippen LogP contribution in [0.1, 0.15) is 29.2 Å². The van der Waals surface area contributed by atoms with Crippen molar-refractivity contribution >= 4 is 16.8 Å². The third-order valence-electron chi connectivity index (χ3n) is 5.61. The Balaban J connectivity index is 1.28. The normalized spacial score (nSPS) is 16.8. The van der Waals surface area contributed by atoms with Gasteiger partial charge in [0.15, 0.2) is 0 Å². The monoisotopic (exact) mass is 404 g/mol. The molecule has 0 aliphatic carbocycles. The van der Waals surface area contributed by atoms with E-state index in [1.54, 1.807) is 18.2 Å². The molecule has 7 heteroatoms. The van der Waals surface area contributed by atoms with Crippen LogP contribution in [0, 0.1) is 11.7 Å². The average Bonchev–Trinajstić information content (AvgIpc) is 3.41. The first-order valence-corrected chi connectivity index (χ1v) is 10.1. The van der Waals surface area contributed by atoms with Crippen molar-refractivity contribution in [3.8, 4) is 11.4 Å². The molecule has 3 heterocycles. The van der Waals surface area contributed by atoms with Crippen LogP contribution < -0.4 is 0 Å². The highest BCUT2D eigenvalue weighted by Gasteiger charge is 2.27. The number of aromatic amines is 1. The van der Waals surface area contributed by atoms with Crippen LogP contribution in [0.2, 0.25) is 0 Å². The molecule has 1 N–H and O–H groups in total. The molecule has 5 rings (SSSR count). The van der Waals surface area contributed by atoms with Crippen molar-refractivity contribution in [2.24, 2.45) is 5.92 Å². The summed E-state index contributed by atoms with van der Waals surface area (Å²) in [5.74, 6) is 0.579. The molecule has 2 aromatic heterocycles. The van der Waals surface area contributed by atoms with E-state index in [9.17, 15) is 9.18 Å². The second-order valence-corrected chi connectivity index (χ2v) is 7.73. The molecule has 4 aromatic rings. The van der Waals surface area contributed by atoms with Crippen molar-refractivity contribution in [1.82, 2.24) is 20.0 Å². The van der Waals surface area contributed by atoms with Gasteiger partial charge in [-0.15, -0.1) is 0 Å². The van der Waals surface area contributed by atoms with Gasteiger partial charge in [0.25, 0.3) is 5.91 Å². The molecule has 0 spiro atoms. The van der Waals surface area contributed by atoms with Gasteiger partial charge in [-0.25, -0.2) is 4.39 Å². The predicted octanol–water partition coefficient (Wildman–Crippen LogP) is 4.45. The second-order valence-electron chi connectivity index (χ2n) is 7.73. The summed E-state index contributed by atoms with van der Waals surface area (Å²) >= 11 is 0. The Morgan fingerprint density at radius 1 is 1.20 bits per heavy atom. The number of nitrogens with one attached hydrogen (secondary N) is 1. The number of rotatable bonds is 4. The first-order chi connectivity index (χ1) is 14.7. The van der Waals surface area contributed by atoms with E-state index in [1.165, 1.54) is 6.07 Å². The van der Waals surface area contributed by atoms with Crippen molar-refractivity contribution in [2.75, 3.05) is 13.1 Å². The highest BCUT2D eigenvalue weighted by atomic mass is 19.1. The van der Waals surface area contributed by atoms with Gasteiger partial charge in [0.05, 0.1) is 5.56 Å². The van der Waals surface area contributed by atoms with Gasteiger partial charge in [0.1, 0.15) is 11.5 Å². The van der Waals surface area contributed by atoms with Crippen molar-refractivity contribution in [2.45, 2.75) is 19.3 Å². The Hall–Kier alpha value is -3.48. The molecule has 1 saturated heterocycles. The molecule has 1 aliphatic rings. The number of amides is 1. The minimum Gasteiger partial charge on any atom is -0.351 e. The fraction of sp³-hybridized carbons (Fsp3) is 0.261. The Morgan fingerprint density at radius 2 is 2.03 bits per heavy atom. The topological polar surface area (TPSA) is 75.0 Å². The molecule has 1 atom stereocenters. The van der Waals surface area contributed by atoms with Crippen LogP contribution in [-0.4, -0.2) is 39.0 Å². The largest absolute Gasteiger partial charge is 0.351 e. The molecule has 1 unspecified atom stereocenters. The van der Waals surface area contributed by atoms with Gasteiger partial charge in [0, 0.05) is 30.4 Å². The molecular formula is C23H21FN4O2. The van der Waals surface area contributed by atoms with Gasteiger partial charge in [-0.2, -0.15) is 4.98 Å². The summed E-state index contributed by atoms with van der Waals surface area (Å²) in [6, 6.07) is 16.1. The number of aromatic nitrogens is 3. The van der Waals surface area contributed by atoms with E-state index < -0.39 is 0 Å². The van der Waals surface area contributed by atoms with Crippen LogP contribution in [0.15, 0.2) is 59.1 Å². The molecule has 0 saturated carbocycles. The van der Waals surface area contributed by atoms with E-state index in [-0.39, 0.29) is 23.5 Å². The number of carbonyl (C=O) groups excluding carboxylic acids is 1. The Kier molecular flexibility index (Phi) is 4.78. The number of para-hydroxylation sites is 1. The third-order valence-corrected chi connectivity index (χ3v) is 5.61. The zero-order chi connectivity index (χ0) is 20.5. The lowest BCUT2D eigenvalue weighted by Crippen LogP contribution is -2.40. The number of nitrogens with zero attached hydrogens (tertiary/aromatic N) is 3. The quantitative estimate of drug-likeness (QED) is 0.545. The molecular weight excluding hydrogens is 383 g/mol. The third kappa shape index (κ3) is 3.58. The van der Waals surface area contributed by atoms with Crippen molar-refractivity contribution in [3.63, 3.8) is 0 Å². The zero-order valence-corrected chi connectivity index (χ0v) is 16.3. The lowest BCUT2D eigenvalue weighted by molar-refractivity contribution is 0.0663. The molecule has 30 heavy (non-hydrogen) atoms. The average molecular weight is 404 g/mol. The summed E-state index contributed by atoms with van der Waals surface area (Å²) in [5, 5.41) is 4.96. The number of benzene rings is 2. The van der Waals surface area contributed by atoms with Gasteiger partial charge in [-0.3, -0.25) is 4.79 Å².